The summed E-state index contributed by atoms with van der Waals surface area (Å²) >= 11 is 0. The normalized spacial score (nSPS) is 19.2. The lowest BCUT2D eigenvalue weighted by Gasteiger charge is -2.32. The molecule has 7 nitrogen and oxygen atoms in total. The van der Waals surface area contributed by atoms with Crippen LogP contribution in [0.2, 0.25) is 0 Å². The highest BCUT2D eigenvalue weighted by Gasteiger charge is 2.40. The van der Waals surface area contributed by atoms with Gasteiger partial charge in [0, 0.05) is 6.54 Å². The number of imidazole rings is 1. The second-order valence-corrected chi connectivity index (χ2v) is 6.62. The number of nitrogens with zero attached hydrogens (tertiary/aromatic N) is 1. The van der Waals surface area contributed by atoms with E-state index in [9.17, 15) is 18.3 Å². The van der Waals surface area contributed by atoms with Crippen molar-refractivity contribution < 1.29 is 18.3 Å². The number of aliphatic carboxylic acids is 1. The van der Waals surface area contributed by atoms with E-state index in [0.717, 1.165) is 19.3 Å². The molecule has 1 aromatic heterocycles. The van der Waals surface area contributed by atoms with E-state index in [1.54, 1.807) is 0 Å². The summed E-state index contributed by atoms with van der Waals surface area (Å²) in [5.41, 5.74) is -0.981. The molecule has 0 aromatic carbocycles. The summed E-state index contributed by atoms with van der Waals surface area (Å²) in [6.07, 6.45) is 6.11. The smallest absolute Gasteiger partial charge is 0.310 e. The van der Waals surface area contributed by atoms with Gasteiger partial charge < -0.3 is 10.1 Å². The number of hydrogen-bond acceptors (Lipinski definition) is 4. The number of aromatic nitrogens is 2. The molecule has 8 heteroatoms. The SMILES string of the molecule is O=C(O)C1(CNS(=O)(=O)c2cnc[nH]2)CCCCC1. The Kier molecular flexibility index (Phi) is 3.91. The van der Waals surface area contributed by atoms with Gasteiger partial charge in [0.25, 0.3) is 10.0 Å². The predicted octanol–water partition coefficient (Wildman–Crippen LogP) is 0.723. The van der Waals surface area contributed by atoms with E-state index in [0.29, 0.717) is 12.8 Å². The largest absolute Gasteiger partial charge is 0.481 e. The molecule has 1 aliphatic carbocycles. The Hall–Kier alpha value is -1.41. The molecule has 1 saturated carbocycles. The van der Waals surface area contributed by atoms with Gasteiger partial charge in [0.2, 0.25) is 0 Å². The van der Waals surface area contributed by atoms with Crippen LogP contribution >= 0.6 is 0 Å². The molecule has 0 amide bonds. The number of nitrogens with one attached hydrogen (secondary N) is 2. The van der Waals surface area contributed by atoms with E-state index in [4.69, 9.17) is 0 Å². The molecule has 0 atom stereocenters. The maximum absolute atomic E-state index is 11.9. The summed E-state index contributed by atoms with van der Waals surface area (Å²) in [4.78, 5) is 17.6. The third kappa shape index (κ3) is 2.95. The monoisotopic (exact) mass is 287 g/mol. The number of H-pyrrole nitrogens is 1. The van der Waals surface area contributed by atoms with Crippen LogP contribution in [0.4, 0.5) is 0 Å². The zero-order valence-electron chi connectivity index (χ0n) is 10.4. The van der Waals surface area contributed by atoms with E-state index < -0.39 is 21.4 Å². The summed E-state index contributed by atoms with van der Waals surface area (Å²) in [5, 5.41) is 9.31. The van der Waals surface area contributed by atoms with E-state index in [1.807, 2.05) is 0 Å². The van der Waals surface area contributed by atoms with Gasteiger partial charge in [-0.05, 0) is 12.8 Å². The summed E-state index contributed by atoms with van der Waals surface area (Å²) < 4.78 is 26.2. The second kappa shape index (κ2) is 5.30. The van der Waals surface area contributed by atoms with E-state index in [2.05, 4.69) is 14.7 Å². The number of sulfonamides is 1. The molecule has 0 aliphatic heterocycles. The molecule has 2 rings (SSSR count). The van der Waals surface area contributed by atoms with Crippen LogP contribution in [0.5, 0.6) is 0 Å². The van der Waals surface area contributed by atoms with Crippen LogP contribution in [-0.4, -0.2) is 36.0 Å². The maximum atomic E-state index is 11.9. The quantitative estimate of drug-likeness (QED) is 0.738. The lowest BCUT2D eigenvalue weighted by molar-refractivity contribution is -0.150. The molecular formula is C11H17N3O4S. The topological polar surface area (TPSA) is 112 Å². The second-order valence-electron chi connectivity index (χ2n) is 4.89. The molecule has 1 aromatic rings. The van der Waals surface area contributed by atoms with Gasteiger partial charge in [-0.3, -0.25) is 4.79 Å². The highest BCUT2D eigenvalue weighted by atomic mass is 32.2. The predicted molar refractivity (Wildman–Crippen MR) is 66.9 cm³/mol. The number of carbonyl (C=O) groups is 1. The van der Waals surface area contributed by atoms with Crippen LogP contribution in [0.25, 0.3) is 0 Å². The molecule has 19 heavy (non-hydrogen) atoms. The fourth-order valence-corrected chi connectivity index (χ4v) is 3.43. The number of rotatable bonds is 5. The number of carboxylic acid groups (broad SMARTS) is 1. The third-order valence-corrected chi connectivity index (χ3v) is 4.95. The third-order valence-electron chi connectivity index (χ3n) is 3.63. The molecule has 3 N–H and O–H groups in total. The van der Waals surface area contributed by atoms with Crippen molar-refractivity contribution in [3.63, 3.8) is 0 Å². The van der Waals surface area contributed by atoms with Crippen molar-refractivity contribution in [1.29, 1.82) is 0 Å². The summed E-state index contributed by atoms with van der Waals surface area (Å²) in [6.45, 7) is -0.0797. The molecule has 0 radical (unpaired) electrons. The number of carboxylic acids is 1. The first kappa shape index (κ1) is 14.0. The minimum absolute atomic E-state index is 0.0520. The Balaban J connectivity index is 2.09. The summed E-state index contributed by atoms with van der Waals surface area (Å²) in [5.74, 6) is -0.931. The van der Waals surface area contributed by atoms with E-state index in [-0.39, 0.29) is 11.6 Å². The number of aromatic amines is 1. The average Bonchev–Trinajstić information content (AvgIpc) is 2.92. The van der Waals surface area contributed by atoms with Gasteiger partial charge in [-0.2, -0.15) is 0 Å². The molecule has 1 aliphatic rings. The Morgan fingerprint density at radius 1 is 1.42 bits per heavy atom. The van der Waals surface area contributed by atoms with Gasteiger partial charge in [-0.25, -0.2) is 18.1 Å². The molecule has 106 valence electrons. The van der Waals surface area contributed by atoms with Crippen LogP contribution in [0.3, 0.4) is 0 Å². The molecule has 1 heterocycles. The zero-order valence-corrected chi connectivity index (χ0v) is 11.2. The summed E-state index contributed by atoms with van der Waals surface area (Å²) in [6, 6.07) is 0. The zero-order chi connectivity index (χ0) is 13.9. The van der Waals surface area contributed by atoms with Crippen molar-refractivity contribution in [2.24, 2.45) is 5.41 Å². The molecule has 1 fully saturated rings. The molecule has 0 saturated heterocycles. The van der Waals surface area contributed by atoms with Crippen molar-refractivity contribution in [2.45, 2.75) is 37.1 Å². The van der Waals surface area contributed by atoms with Gasteiger partial charge in [-0.1, -0.05) is 19.3 Å². The van der Waals surface area contributed by atoms with Gasteiger partial charge >= 0.3 is 5.97 Å². The Labute approximate surface area is 111 Å². The highest BCUT2D eigenvalue weighted by molar-refractivity contribution is 7.89. The lowest BCUT2D eigenvalue weighted by atomic mass is 9.74. The van der Waals surface area contributed by atoms with Crippen LogP contribution in [-0.2, 0) is 14.8 Å². The van der Waals surface area contributed by atoms with Crippen molar-refractivity contribution in [2.75, 3.05) is 6.54 Å². The van der Waals surface area contributed by atoms with Gasteiger partial charge in [0.1, 0.15) is 0 Å². The Bertz CT molecular complexity index is 532. The first-order valence-electron chi connectivity index (χ1n) is 6.18. The minimum atomic E-state index is -3.72. The fraction of sp³-hybridized carbons (Fsp3) is 0.636. The van der Waals surface area contributed by atoms with Crippen molar-refractivity contribution in [1.82, 2.24) is 14.7 Å². The highest BCUT2D eigenvalue weighted by Crippen LogP contribution is 2.36. The van der Waals surface area contributed by atoms with E-state index in [1.165, 1.54) is 12.5 Å². The number of hydrogen-bond donors (Lipinski definition) is 3. The molecule has 0 spiro atoms. The molecular weight excluding hydrogens is 270 g/mol. The van der Waals surface area contributed by atoms with Gasteiger partial charge in [-0.15, -0.1) is 0 Å². The summed E-state index contributed by atoms with van der Waals surface area (Å²) in [7, 11) is -3.72. The van der Waals surface area contributed by atoms with Crippen LogP contribution in [0.15, 0.2) is 17.6 Å². The van der Waals surface area contributed by atoms with Gasteiger partial charge in [0.15, 0.2) is 5.03 Å². The molecule has 0 unspecified atom stereocenters. The maximum Gasteiger partial charge on any atom is 0.310 e. The lowest BCUT2D eigenvalue weighted by Crippen LogP contribution is -2.44. The van der Waals surface area contributed by atoms with Crippen molar-refractivity contribution >= 4 is 16.0 Å². The fourth-order valence-electron chi connectivity index (χ4n) is 2.40. The van der Waals surface area contributed by atoms with Gasteiger partial charge in [0.05, 0.1) is 17.9 Å². The first-order chi connectivity index (χ1) is 8.96. The van der Waals surface area contributed by atoms with Crippen LogP contribution in [0.1, 0.15) is 32.1 Å². The van der Waals surface area contributed by atoms with E-state index >= 15 is 0 Å². The minimum Gasteiger partial charge on any atom is -0.481 e. The average molecular weight is 287 g/mol. The molecule has 0 bridgehead atoms. The Morgan fingerprint density at radius 2 is 2.11 bits per heavy atom. The van der Waals surface area contributed by atoms with Crippen LogP contribution in [0, 0.1) is 5.41 Å². The van der Waals surface area contributed by atoms with Crippen molar-refractivity contribution in [3.05, 3.63) is 12.5 Å². The van der Waals surface area contributed by atoms with Crippen LogP contribution < -0.4 is 4.72 Å². The standard InChI is InChI=1S/C11H17N3O4S/c15-10(16)11(4-2-1-3-5-11)7-14-19(17,18)9-6-12-8-13-9/h6,8,14H,1-5,7H2,(H,12,13)(H,15,16). The first-order valence-corrected chi connectivity index (χ1v) is 7.66. The Morgan fingerprint density at radius 3 is 2.63 bits per heavy atom. The van der Waals surface area contributed by atoms with Crippen molar-refractivity contribution in [3.8, 4) is 0 Å².